The number of rotatable bonds is 6. The molecule has 20 heavy (non-hydrogen) atoms. The van der Waals surface area contributed by atoms with Gasteiger partial charge in [-0.1, -0.05) is 37.3 Å². The van der Waals surface area contributed by atoms with Gasteiger partial charge < -0.3 is 10.6 Å². The molecule has 3 nitrogen and oxygen atoms in total. The van der Waals surface area contributed by atoms with Gasteiger partial charge in [0.25, 0.3) is 0 Å². The molecule has 2 N–H and O–H groups in total. The summed E-state index contributed by atoms with van der Waals surface area (Å²) in [6.07, 6.45) is 2.66. The summed E-state index contributed by atoms with van der Waals surface area (Å²) < 4.78 is 0. The minimum Gasteiger partial charge on any atom is -0.389 e. The van der Waals surface area contributed by atoms with Crippen molar-refractivity contribution in [2.75, 3.05) is 26.7 Å². The molecule has 0 aromatic heterocycles. The molecule has 1 aromatic carbocycles. The van der Waals surface area contributed by atoms with E-state index in [1.807, 2.05) is 12.1 Å². The topological polar surface area (TPSA) is 32.5 Å². The first-order valence-corrected chi connectivity index (χ1v) is 7.82. The lowest BCUT2D eigenvalue weighted by molar-refractivity contribution is 0.195. The van der Waals surface area contributed by atoms with Crippen molar-refractivity contribution in [3.05, 3.63) is 35.4 Å². The van der Waals surface area contributed by atoms with Gasteiger partial charge in [-0.25, -0.2) is 0 Å². The largest absolute Gasteiger partial charge is 0.389 e. The molecule has 1 fully saturated rings. The van der Waals surface area contributed by atoms with Crippen LogP contribution in [0.15, 0.2) is 24.3 Å². The first-order chi connectivity index (χ1) is 9.60. The van der Waals surface area contributed by atoms with Gasteiger partial charge in [-0.2, -0.15) is 0 Å². The Balaban J connectivity index is 1.92. The third-order valence-corrected chi connectivity index (χ3v) is 4.33. The molecule has 0 aliphatic carbocycles. The molecule has 4 heteroatoms. The van der Waals surface area contributed by atoms with Crippen LogP contribution in [0.4, 0.5) is 0 Å². The molecule has 1 aliphatic heterocycles. The molecule has 0 spiro atoms. The number of hydrogen-bond donors (Lipinski definition) is 1. The zero-order valence-corrected chi connectivity index (χ0v) is 13.3. The summed E-state index contributed by atoms with van der Waals surface area (Å²) in [6.45, 7) is 6.75. The van der Waals surface area contributed by atoms with E-state index >= 15 is 0 Å². The number of likely N-dealkylation sites (N-methyl/N-ethyl adjacent to an activating group) is 2. The van der Waals surface area contributed by atoms with Gasteiger partial charge in [-0.15, -0.1) is 0 Å². The second kappa shape index (κ2) is 7.16. The lowest BCUT2D eigenvalue weighted by Gasteiger charge is -2.27. The van der Waals surface area contributed by atoms with Crippen molar-refractivity contribution in [2.24, 2.45) is 5.73 Å². The maximum absolute atomic E-state index is 5.69. The predicted octanol–water partition coefficient (Wildman–Crippen LogP) is 2.24. The summed E-state index contributed by atoms with van der Waals surface area (Å²) >= 11 is 5.04. The highest BCUT2D eigenvalue weighted by molar-refractivity contribution is 7.80. The Hall–Kier alpha value is -0.970. The highest BCUT2D eigenvalue weighted by atomic mass is 32.1. The van der Waals surface area contributed by atoms with Crippen molar-refractivity contribution in [2.45, 2.75) is 32.4 Å². The Morgan fingerprint density at radius 1 is 1.50 bits per heavy atom. The van der Waals surface area contributed by atoms with Gasteiger partial charge in [-0.3, -0.25) is 4.90 Å². The van der Waals surface area contributed by atoms with Crippen molar-refractivity contribution in [1.29, 1.82) is 0 Å². The van der Waals surface area contributed by atoms with E-state index in [0.29, 0.717) is 11.0 Å². The van der Waals surface area contributed by atoms with Crippen molar-refractivity contribution in [3.63, 3.8) is 0 Å². The highest BCUT2D eigenvalue weighted by Gasteiger charge is 2.23. The Bertz CT molecular complexity index is 461. The van der Waals surface area contributed by atoms with E-state index in [4.69, 9.17) is 18.0 Å². The normalized spacial score (nSPS) is 19.6. The lowest BCUT2D eigenvalue weighted by Crippen LogP contribution is -2.38. The fraction of sp³-hybridized carbons (Fsp3) is 0.562. The van der Waals surface area contributed by atoms with E-state index in [-0.39, 0.29) is 0 Å². The maximum atomic E-state index is 5.69. The summed E-state index contributed by atoms with van der Waals surface area (Å²) in [5.41, 5.74) is 7.93. The van der Waals surface area contributed by atoms with E-state index in [0.717, 1.165) is 25.2 Å². The Labute approximate surface area is 127 Å². The van der Waals surface area contributed by atoms with Gasteiger partial charge in [0, 0.05) is 24.7 Å². The highest BCUT2D eigenvalue weighted by Crippen LogP contribution is 2.18. The van der Waals surface area contributed by atoms with E-state index in [9.17, 15) is 0 Å². The van der Waals surface area contributed by atoms with Crippen LogP contribution in [0.25, 0.3) is 0 Å². The molecule has 1 heterocycles. The molecule has 1 aliphatic rings. The standard InChI is InChI=1S/C16H25N3S/c1-3-19-9-5-8-15(19)12-18(2)11-13-6-4-7-14(10-13)16(17)20/h4,6-7,10,15H,3,5,8-9,11-12H2,1-2H3,(H2,17,20). The predicted molar refractivity (Wildman–Crippen MR) is 88.9 cm³/mol. The first kappa shape index (κ1) is 15.4. The number of hydrogen-bond acceptors (Lipinski definition) is 3. The maximum Gasteiger partial charge on any atom is 0.103 e. The van der Waals surface area contributed by atoms with E-state index < -0.39 is 0 Å². The molecule has 0 amide bonds. The van der Waals surface area contributed by atoms with Crippen LogP contribution >= 0.6 is 12.2 Å². The average molecular weight is 291 g/mol. The molecule has 0 radical (unpaired) electrons. The quantitative estimate of drug-likeness (QED) is 0.815. The third kappa shape index (κ3) is 4.01. The van der Waals surface area contributed by atoms with Crippen LogP contribution in [-0.2, 0) is 6.54 Å². The molecule has 1 saturated heterocycles. The van der Waals surface area contributed by atoms with Gasteiger partial charge in [0.05, 0.1) is 0 Å². The molecular weight excluding hydrogens is 266 g/mol. The summed E-state index contributed by atoms with van der Waals surface area (Å²) in [5, 5.41) is 0. The van der Waals surface area contributed by atoms with Crippen LogP contribution in [0.3, 0.4) is 0 Å². The second-order valence-electron chi connectivity index (χ2n) is 5.69. The molecule has 0 saturated carbocycles. The monoisotopic (exact) mass is 291 g/mol. The number of thiocarbonyl (C=S) groups is 1. The van der Waals surface area contributed by atoms with E-state index in [2.05, 4.69) is 35.9 Å². The fourth-order valence-electron chi connectivity index (χ4n) is 3.08. The van der Waals surface area contributed by atoms with Crippen molar-refractivity contribution >= 4 is 17.2 Å². The molecule has 1 unspecified atom stereocenters. The number of benzene rings is 1. The van der Waals surface area contributed by atoms with Crippen molar-refractivity contribution < 1.29 is 0 Å². The molecule has 2 rings (SSSR count). The Morgan fingerprint density at radius 2 is 2.30 bits per heavy atom. The van der Waals surface area contributed by atoms with Gasteiger partial charge in [0.1, 0.15) is 4.99 Å². The van der Waals surface area contributed by atoms with Crippen LogP contribution in [0.1, 0.15) is 30.9 Å². The van der Waals surface area contributed by atoms with Crippen LogP contribution in [0.5, 0.6) is 0 Å². The molecule has 1 atom stereocenters. The summed E-state index contributed by atoms with van der Waals surface area (Å²) in [4.78, 5) is 5.46. The van der Waals surface area contributed by atoms with Crippen LogP contribution in [0, 0.1) is 0 Å². The number of likely N-dealkylation sites (tertiary alicyclic amines) is 1. The molecular formula is C16H25N3S. The smallest absolute Gasteiger partial charge is 0.103 e. The number of nitrogens with zero attached hydrogens (tertiary/aromatic N) is 2. The van der Waals surface area contributed by atoms with Crippen LogP contribution in [0.2, 0.25) is 0 Å². The molecule has 1 aromatic rings. The summed E-state index contributed by atoms with van der Waals surface area (Å²) in [5.74, 6) is 0. The summed E-state index contributed by atoms with van der Waals surface area (Å²) in [7, 11) is 2.19. The van der Waals surface area contributed by atoms with Gasteiger partial charge in [0.2, 0.25) is 0 Å². The van der Waals surface area contributed by atoms with E-state index in [1.54, 1.807) is 0 Å². The number of nitrogens with two attached hydrogens (primary N) is 1. The lowest BCUT2D eigenvalue weighted by atomic mass is 10.1. The van der Waals surface area contributed by atoms with E-state index in [1.165, 1.54) is 24.9 Å². The average Bonchev–Trinajstić information content (AvgIpc) is 2.86. The fourth-order valence-corrected chi connectivity index (χ4v) is 3.20. The zero-order valence-electron chi connectivity index (χ0n) is 12.5. The van der Waals surface area contributed by atoms with Gasteiger partial charge in [0.15, 0.2) is 0 Å². The zero-order chi connectivity index (χ0) is 14.5. The van der Waals surface area contributed by atoms with Crippen molar-refractivity contribution in [3.8, 4) is 0 Å². The molecule has 110 valence electrons. The summed E-state index contributed by atoms with van der Waals surface area (Å²) in [6, 6.07) is 8.96. The third-order valence-electron chi connectivity index (χ3n) is 4.09. The van der Waals surface area contributed by atoms with Crippen LogP contribution < -0.4 is 5.73 Å². The Morgan fingerprint density at radius 3 is 3.00 bits per heavy atom. The van der Waals surface area contributed by atoms with Gasteiger partial charge >= 0.3 is 0 Å². The first-order valence-electron chi connectivity index (χ1n) is 7.41. The Kier molecular flexibility index (Phi) is 5.52. The van der Waals surface area contributed by atoms with Crippen molar-refractivity contribution in [1.82, 2.24) is 9.80 Å². The minimum atomic E-state index is 0.474. The van der Waals surface area contributed by atoms with Crippen LogP contribution in [-0.4, -0.2) is 47.5 Å². The van der Waals surface area contributed by atoms with Gasteiger partial charge in [-0.05, 0) is 44.6 Å². The SMILES string of the molecule is CCN1CCCC1CN(C)Cc1cccc(C(N)=S)c1. The molecule has 0 bridgehead atoms. The minimum absolute atomic E-state index is 0.474. The second-order valence-corrected chi connectivity index (χ2v) is 6.13.